The molecular formula is C16H23NO2. The monoisotopic (exact) mass is 261 g/mol. The molecule has 19 heavy (non-hydrogen) atoms. The third kappa shape index (κ3) is 2.55. The number of benzene rings is 1. The zero-order valence-electron chi connectivity index (χ0n) is 11.8. The molecule has 0 N–H and O–H groups in total. The van der Waals surface area contributed by atoms with Gasteiger partial charge in [0.15, 0.2) is 5.79 Å². The van der Waals surface area contributed by atoms with Crippen molar-refractivity contribution in [3.63, 3.8) is 0 Å². The molecule has 104 valence electrons. The van der Waals surface area contributed by atoms with Crippen LogP contribution in [-0.4, -0.2) is 36.5 Å². The van der Waals surface area contributed by atoms with E-state index in [9.17, 15) is 0 Å². The van der Waals surface area contributed by atoms with Crippen LogP contribution in [0.5, 0.6) is 0 Å². The molecule has 2 saturated heterocycles. The summed E-state index contributed by atoms with van der Waals surface area (Å²) < 4.78 is 11.7. The van der Waals surface area contributed by atoms with E-state index in [1.54, 1.807) is 0 Å². The first-order chi connectivity index (χ1) is 9.20. The number of nitrogens with zero attached hydrogens (tertiary/aromatic N) is 1. The molecule has 1 aromatic carbocycles. The molecule has 3 nitrogen and oxygen atoms in total. The number of hydrogen-bond acceptors (Lipinski definition) is 3. The molecule has 2 heterocycles. The van der Waals surface area contributed by atoms with Gasteiger partial charge in [-0.2, -0.15) is 0 Å². The van der Waals surface area contributed by atoms with Gasteiger partial charge in [0.1, 0.15) is 0 Å². The van der Waals surface area contributed by atoms with Gasteiger partial charge >= 0.3 is 0 Å². The summed E-state index contributed by atoms with van der Waals surface area (Å²) in [7, 11) is 0. The summed E-state index contributed by atoms with van der Waals surface area (Å²) >= 11 is 0. The van der Waals surface area contributed by atoms with Gasteiger partial charge in [-0.1, -0.05) is 30.3 Å². The van der Waals surface area contributed by atoms with Crippen molar-refractivity contribution < 1.29 is 9.47 Å². The van der Waals surface area contributed by atoms with Gasteiger partial charge in [0.25, 0.3) is 0 Å². The van der Waals surface area contributed by atoms with Gasteiger partial charge in [0, 0.05) is 31.5 Å². The standard InChI is InChI=1S/C16H23NO2/c1-13-12-16(18-10-11-19-16)8-9-17(13)14(2)15-6-4-3-5-7-15/h3-7,13-14H,8-12H2,1-2H3/t13-,14-/m0/s1. The second-order valence-corrected chi connectivity index (χ2v) is 5.74. The Labute approximate surface area is 115 Å². The van der Waals surface area contributed by atoms with Crippen LogP contribution in [-0.2, 0) is 9.47 Å². The summed E-state index contributed by atoms with van der Waals surface area (Å²) in [4.78, 5) is 2.56. The van der Waals surface area contributed by atoms with Crippen LogP contribution in [0.25, 0.3) is 0 Å². The topological polar surface area (TPSA) is 21.7 Å². The average Bonchev–Trinajstić information content (AvgIpc) is 2.87. The van der Waals surface area contributed by atoms with Crippen molar-refractivity contribution in [1.29, 1.82) is 0 Å². The Hall–Kier alpha value is -0.900. The van der Waals surface area contributed by atoms with E-state index < -0.39 is 0 Å². The van der Waals surface area contributed by atoms with Crippen LogP contribution in [0.4, 0.5) is 0 Å². The summed E-state index contributed by atoms with van der Waals surface area (Å²) in [5, 5.41) is 0. The second-order valence-electron chi connectivity index (χ2n) is 5.74. The Bertz CT molecular complexity index is 414. The molecule has 0 amide bonds. The number of piperidine rings is 1. The van der Waals surface area contributed by atoms with Gasteiger partial charge < -0.3 is 9.47 Å². The predicted molar refractivity (Wildman–Crippen MR) is 74.9 cm³/mol. The lowest BCUT2D eigenvalue weighted by atomic mass is 9.93. The van der Waals surface area contributed by atoms with Crippen LogP contribution in [0.1, 0.15) is 38.3 Å². The van der Waals surface area contributed by atoms with Gasteiger partial charge in [-0.15, -0.1) is 0 Å². The maximum atomic E-state index is 5.84. The summed E-state index contributed by atoms with van der Waals surface area (Å²) in [5.74, 6) is -0.285. The number of likely N-dealkylation sites (tertiary alicyclic amines) is 1. The largest absolute Gasteiger partial charge is 0.347 e. The second kappa shape index (κ2) is 5.23. The van der Waals surface area contributed by atoms with E-state index in [0.29, 0.717) is 12.1 Å². The Morgan fingerprint density at radius 2 is 1.89 bits per heavy atom. The summed E-state index contributed by atoms with van der Waals surface area (Å²) in [6.45, 7) is 7.12. The summed E-state index contributed by atoms with van der Waals surface area (Å²) in [6, 6.07) is 11.7. The number of hydrogen-bond donors (Lipinski definition) is 0. The Morgan fingerprint density at radius 3 is 2.53 bits per heavy atom. The minimum Gasteiger partial charge on any atom is -0.347 e. The van der Waals surface area contributed by atoms with Crippen LogP contribution >= 0.6 is 0 Å². The van der Waals surface area contributed by atoms with Crippen LogP contribution in [0.3, 0.4) is 0 Å². The molecule has 3 heteroatoms. The fourth-order valence-electron chi connectivity index (χ4n) is 3.45. The average molecular weight is 261 g/mol. The first-order valence-corrected chi connectivity index (χ1v) is 7.29. The first kappa shape index (κ1) is 13.1. The fourth-order valence-corrected chi connectivity index (χ4v) is 3.45. The molecular weight excluding hydrogens is 238 g/mol. The summed E-state index contributed by atoms with van der Waals surface area (Å²) in [5.41, 5.74) is 1.39. The normalized spacial score (nSPS) is 28.6. The molecule has 1 spiro atoms. The van der Waals surface area contributed by atoms with Crippen LogP contribution in [0.15, 0.2) is 30.3 Å². The highest BCUT2D eigenvalue weighted by atomic mass is 16.7. The highest BCUT2D eigenvalue weighted by molar-refractivity contribution is 5.18. The zero-order valence-corrected chi connectivity index (χ0v) is 11.8. The first-order valence-electron chi connectivity index (χ1n) is 7.29. The van der Waals surface area contributed by atoms with Crippen LogP contribution < -0.4 is 0 Å². The van der Waals surface area contributed by atoms with Crippen LogP contribution in [0, 0.1) is 0 Å². The van der Waals surface area contributed by atoms with E-state index in [4.69, 9.17) is 9.47 Å². The van der Waals surface area contributed by atoms with Crippen molar-refractivity contribution in [2.24, 2.45) is 0 Å². The van der Waals surface area contributed by atoms with Gasteiger partial charge in [0.2, 0.25) is 0 Å². The molecule has 0 saturated carbocycles. The molecule has 3 rings (SSSR count). The van der Waals surface area contributed by atoms with Crippen molar-refractivity contribution in [2.75, 3.05) is 19.8 Å². The lowest BCUT2D eigenvalue weighted by Gasteiger charge is -2.45. The molecule has 0 aliphatic carbocycles. The number of rotatable bonds is 2. The minimum absolute atomic E-state index is 0.285. The zero-order chi connectivity index (χ0) is 13.3. The van der Waals surface area contributed by atoms with Crippen LogP contribution in [0.2, 0.25) is 0 Å². The molecule has 2 aliphatic rings. The molecule has 0 aromatic heterocycles. The molecule has 2 aliphatic heterocycles. The van der Waals surface area contributed by atoms with E-state index in [2.05, 4.69) is 49.1 Å². The molecule has 2 atom stereocenters. The molecule has 2 fully saturated rings. The van der Waals surface area contributed by atoms with Crippen molar-refractivity contribution in [3.8, 4) is 0 Å². The molecule has 0 radical (unpaired) electrons. The van der Waals surface area contributed by atoms with Gasteiger partial charge in [-0.3, -0.25) is 4.90 Å². The van der Waals surface area contributed by atoms with Crippen molar-refractivity contribution in [2.45, 2.75) is 44.6 Å². The Balaban J connectivity index is 1.70. The highest BCUT2D eigenvalue weighted by Gasteiger charge is 2.43. The van der Waals surface area contributed by atoms with Crippen molar-refractivity contribution >= 4 is 0 Å². The van der Waals surface area contributed by atoms with Gasteiger partial charge in [0.05, 0.1) is 13.2 Å². The maximum Gasteiger partial charge on any atom is 0.171 e. The van der Waals surface area contributed by atoms with E-state index in [1.807, 2.05) is 0 Å². The predicted octanol–water partition coefficient (Wildman–Crippen LogP) is 2.98. The summed E-state index contributed by atoms with van der Waals surface area (Å²) in [6.07, 6.45) is 1.96. The van der Waals surface area contributed by atoms with Gasteiger partial charge in [-0.05, 0) is 19.4 Å². The lowest BCUT2D eigenvalue weighted by Crippen LogP contribution is -2.50. The van der Waals surface area contributed by atoms with E-state index in [0.717, 1.165) is 32.6 Å². The third-order valence-corrected chi connectivity index (χ3v) is 4.52. The Morgan fingerprint density at radius 1 is 1.21 bits per heavy atom. The van der Waals surface area contributed by atoms with E-state index in [-0.39, 0.29) is 5.79 Å². The lowest BCUT2D eigenvalue weighted by molar-refractivity contribution is -0.198. The quantitative estimate of drug-likeness (QED) is 0.817. The maximum absolute atomic E-state index is 5.84. The van der Waals surface area contributed by atoms with E-state index in [1.165, 1.54) is 5.56 Å². The number of ether oxygens (including phenoxy) is 2. The van der Waals surface area contributed by atoms with E-state index >= 15 is 0 Å². The SMILES string of the molecule is C[C@H]1CC2(CCN1[C@@H](C)c1ccccc1)OCCO2. The van der Waals surface area contributed by atoms with Crippen molar-refractivity contribution in [3.05, 3.63) is 35.9 Å². The van der Waals surface area contributed by atoms with Gasteiger partial charge in [-0.25, -0.2) is 0 Å². The highest BCUT2D eigenvalue weighted by Crippen LogP contribution is 2.37. The Kier molecular flexibility index (Phi) is 3.61. The van der Waals surface area contributed by atoms with Crippen molar-refractivity contribution in [1.82, 2.24) is 4.90 Å². The smallest absolute Gasteiger partial charge is 0.171 e. The molecule has 0 unspecified atom stereocenters. The minimum atomic E-state index is -0.285. The molecule has 0 bridgehead atoms. The molecule has 1 aromatic rings. The fraction of sp³-hybridized carbons (Fsp3) is 0.625. The third-order valence-electron chi connectivity index (χ3n) is 4.52.